The first kappa shape index (κ1) is 16.0. The van der Waals surface area contributed by atoms with Gasteiger partial charge in [-0.2, -0.15) is 0 Å². The van der Waals surface area contributed by atoms with Crippen molar-refractivity contribution in [3.8, 4) is 0 Å². The molecule has 0 unspecified atom stereocenters. The Bertz CT molecular complexity index is 232. The Morgan fingerprint density at radius 3 is 2.35 bits per heavy atom. The summed E-state index contributed by atoms with van der Waals surface area (Å²) >= 11 is 0. The van der Waals surface area contributed by atoms with E-state index in [9.17, 15) is 4.79 Å². The molecule has 0 aromatic carbocycles. The van der Waals surface area contributed by atoms with Crippen LogP contribution in [-0.2, 0) is 9.53 Å². The summed E-state index contributed by atoms with van der Waals surface area (Å²) in [4.78, 5) is 11.1. The average Bonchev–Trinajstić information content (AvgIpc) is 2.30. The second kappa shape index (κ2) is 10.2. The van der Waals surface area contributed by atoms with Crippen molar-refractivity contribution in [2.75, 3.05) is 6.61 Å². The van der Waals surface area contributed by atoms with Crippen LogP contribution in [0.5, 0.6) is 0 Å². The predicted octanol–water partition coefficient (Wildman–Crippen LogP) is 3.99. The molecule has 0 atom stereocenters. The Balaban J connectivity index is 3.27. The number of ether oxygens (including phenoxy) is 1. The van der Waals surface area contributed by atoms with Crippen LogP contribution in [0.15, 0.2) is 11.8 Å². The average molecular weight is 242 g/mol. The molecule has 0 aromatic rings. The molecule has 0 heterocycles. The van der Waals surface area contributed by atoms with E-state index in [2.05, 4.69) is 13.8 Å². The van der Waals surface area contributed by atoms with Crippen molar-refractivity contribution in [2.45, 2.75) is 59.3 Å². The van der Waals surface area contributed by atoms with Crippen LogP contribution in [0.1, 0.15) is 59.3 Å². The molecule has 0 aromatic heterocycles. The maximum atomic E-state index is 11.1. The number of hydrogen-bond acceptors (Lipinski definition) is 3. The van der Waals surface area contributed by atoms with E-state index in [4.69, 9.17) is 9.84 Å². The molecule has 0 bridgehead atoms. The molecule has 3 nitrogen and oxygen atoms in total. The summed E-state index contributed by atoms with van der Waals surface area (Å²) < 4.78 is 4.97. The van der Waals surface area contributed by atoms with E-state index in [-0.39, 0.29) is 5.57 Å². The summed E-state index contributed by atoms with van der Waals surface area (Å²) in [5, 5.41) is 8.59. The van der Waals surface area contributed by atoms with Gasteiger partial charge in [0, 0.05) is 0 Å². The third-order valence-corrected chi connectivity index (χ3v) is 2.67. The van der Waals surface area contributed by atoms with E-state index in [1.54, 1.807) is 0 Å². The summed E-state index contributed by atoms with van der Waals surface area (Å²) in [6, 6.07) is 0. The van der Waals surface area contributed by atoms with Gasteiger partial charge in [-0.3, -0.25) is 0 Å². The van der Waals surface area contributed by atoms with E-state index < -0.39 is 5.97 Å². The summed E-state index contributed by atoms with van der Waals surface area (Å²) in [6.07, 6.45) is 7.87. The number of esters is 1. The van der Waals surface area contributed by atoms with Gasteiger partial charge in [-0.1, -0.05) is 46.0 Å². The van der Waals surface area contributed by atoms with Gasteiger partial charge in [-0.15, -0.1) is 0 Å². The number of aliphatic hydroxyl groups is 1. The monoisotopic (exact) mass is 242 g/mol. The van der Waals surface area contributed by atoms with Gasteiger partial charge in [-0.25, -0.2) is 4.79 Å². The van der Waals surface area contributed by atoms with Crippen LogP contribution >= 0.6 is 0 Å². The molecular formula is C14H26O3. The lowest BCUT2D eigenvalue weighted by atomic mass is 10.0. The molecule has 0 aliphatic heterocycles. The Kier molecular flexibility index (Phi) is 9.59. The molecule has 0 aliphatic carbocycles. The SMILES string of the molecule is C/C(=C\O)C(=O)OCCCCCCCC(C)C. The number of aliphatic hydroxyl groups excluding tert-OH is 1. The highest BCUT2D eigenvalue weighted by atomic mass is 16.5. The van der Waals surface area contributed by atoms with Gasteiger partial charge in [0.15, 0.2) is 0 Å². The molecule has 0 spiro atoms. The van der Waals surface area contributed by atoms with Crippen molar-refractivity contribution in [2.24, 2.45) is 5.92 Å². The van der Waals surface area contributed by atoms with Crippen molar-refractivity contribution in [1.29, 1.82) is 0 Å². The minimum absolute atomic E-state index is 0.252. The Morgan fingerprint density at radius 2 is 1.76 bits per heavy atom. The Hall–Kier alpha value is -0.990. The van der Waals surface area contributed by atoms with E-state index in [0.29, 0.717) is 6.61 Å². The molecule has 0 rings (SSSR count). The van der Waals surface area contributed by atoms with Gasteiger partial charge in [0.2, 0.25) is 0 Å². The van der Waals surface area contributed by atoms with Crippen LogP contribution in [-0.4, -0.2) is 17.7 Å². The maximum absolute atomic E-state index is 11.1. The minimum atomic E-state index is -0.424. The standard InChI is InChI=1S/C14H26O3/c1-12(2)9-7-5-4-6-8-10-17-14(16)13(3)11-15/h11-12,15H,4-10H2,1-3H3/b13-11+. The zero-order chi connectivity index (χ0) is 13.1. The highest BCUT2D eigenvalue weighted by molar-refractivity contribution is 5.87. The Morgan fingerprint density at radius 1 is 1.18 bits per heavy atom. The smallest absolute Gasteiger partial charge is 0.336 e. The van der Waals surface area contributed by atoms with E-state index in [1.807, 2.05) is 0 Å². The van der Waals surface area contributed by atoms with Crippen LogP contribution in [0.3, 0.4) is 0 Å². The molecule has 0 radical (unpaired) electrons. The lowest BCUT2D eigenvalue weighted by Gasteiger charge is -2.05. The van der Waals surface area contributed by atoms with Crippen LogP contribution < -0.4 is 0 Å². The molecule has 0 amide bonds. The maximum Gasteiger partial charge on any atom is 0.336 e. The van der Waals surface area contributed by atoms with Crippen LogP contribution in [0.25, 0.3) is 0 Å². The van der Waals surface area contributed by atoms with Crippen LogP contribution in [0.4, 0.5) is 0 Å². The van der Waals surface area contributed by atoms with Crippen LogP contribution in [0, 0.1) is 5.92 Å². The lowest BCUT2D eigenvalue weighted by Crippen LogP contribution is -2.07. The van der Waals surface area contributed by atoms with E-state index >= 15 is 0 Å². The van der Waals surface area contributed by atoms with E-state index in [1.165, 1.54) is 32.6 Å². The summed E-state index contributed by atoms with van der Waals surface area (Å²) in [6.45, 7) is 6.48. The van der Waals surface area contributed by atoms with Gasteiger partial charge >= 0.3 is 5.97 Å². The fraction of sp³-hybridized carbons (Fsp3) is 0.786. The number of hydrogen-bond donors (Lipinski definition) is 1. The number of carbonyl (C=O) groups is 1. The third-order valence-electron chi connectivity index (χ3n) is 2.67. The third kappa shape index (κ3) is 9.91. The van der Waals surface area contributed by atoms with Gasteiger partial charge < -0.3 is 9.84 Å². The molecule has 17 heavy (non-hydrogen) atoms. The summed E-state index contributed by atoms with van der Waals surface area (Å²) in [7, 11) is 0. The topological polar surface area (TPSA) is 46.5 Å². The predicted molar refractivity (Wildman–Crippen MR) is 69.9 cm³/mol. The largest absolute Gasteiger partial charge is 0.515 e. The van der Waals surface area contributed by atoms with Gasteiger partial charge in [-0.05, 0) is 19.3 Å². The number of rotatable bonds is 9. The second-order valence-electron chi connectivity index (χ2n) is 4.90. The highest BCUT2D eigenvalue weighted by Crippen LogP contribution is 2.10. The molecule has 0 aliphatic rings. The molecule has 0 saturated carbocycles. The molecule has 0 fully saturated rings. The van der Waals surface area contributed by atoms with Gasteiger partial charge in [0.1, 0.15) is 0 Å². The second-order valence-corrected chi connectivity index (χ2v) is 4.90. The first-order valence-corrected chi connectivity index (χ1v) is 6.56. The summed E-state index contributed by atoms with van der Waals surface area (Å²) in [5.74, 6) is 0.372. The Labute approximate surface area is 105 Å². The van der Waals surface area contributed by atoms with Crippen molar-refractivity contribution in [3.63, 3.8) is 0 Å². The molecule has 100 valence electrons. The van der Waals surface area contributed by atoms with Crippen molar-refractivity contribution < 1.29 is 14.6 Å². The fourth-order valence-electron chi connectivity index (χ4n) is 1.52. The van der Waals surface area contributed by atoms with Gasteiger partial charge in [0.05, 0.1) is 18.4 Å². The fourth-order valence-corrected chi connectivity index (χ4v) is 1.52. The lowest BCUT2D eigenvalue weighted by molar-refractivity contribution is -0.139. The van der Waals surface area contributed by atoms with Crippen molar-refractivity contribution in [1.82, 2.24) is 0 Å². The van der Waals surface area contributed by atoms with Crippen molar-refractivity contribution in [3.05, 3.63) is 11.8 Å². The van der Waals surface area contributed by atoms with Gasteiger partial charge in [0.25, 0.3) is 0 Å². The molecular weight excluding hydrogens is 216 g/mol. The number of carbonyl (C=O) groups excluding carboxylic acids is 1. The van der Waals surface area contributed by atoms with Crippen LogP contribution in [0.2, 0.25) is 0 Å². The summed E-state index contributed by atoms with van der Waals surface area (Å²) in [5.41, 5.74) is 0.252. The zero-order valence-electron chi connectivity index (χ0n) is 11.4. The minimum Gasteiger partial charge on any atom is -0.515 e. The first-order chi connectivity index (χ1) is 8.07. The molecule has 0 saturated heterocycles. The molecule has 1 N–H and O–H groups in total. The first-order valence-electron chi connectivity index (χ1n) is 6.56. The normalized spacial score (nSPS) is 11.9. The van der Waals surface area contributed by atoms with Crippen molar-refractivity contribution >= 4 is 5.97 Å². The number of unbranched alkanes of at least 4 members (excludes halogenated alkanes) is 4. The quantitative estimate of drug-likeness (QED) is 0.288. The highest BCUT2D eigenvalue weighted by Gasteiger charge is 2.04. The van der Waals surface area contributed by atoms with E-state index in [0.717, 1.165) is 25.0 Å². The zero-order valence-corrected chi connectivity index (χ0v) is 11.4. The molecule has 3 heteroatoms.